The molecule has 1 heterocycles. The summed E-state index contributed by atoms with van der Waals surface area (Å²) in [6.45, 7) is 0. The molecule has 0 aliphatic carbocycles. The maximum Gasteiger partial charge on any atom is 0.237 e. The molecule has 0 spiro atoms. The maximum atomic E-state index is 4.86. The molecule has 4 nitrogen and oxygen atoms in total. The van der Waals surface area contributed by atoms with Gasteiger partial charge in [0.25, 0.3) is 0 Å². The summed E-state index contributed by atoms with van der Waals surface area (Å²) in [4.78, 5) is 0. The van der Waals surface area contributed by atoms with Crippen molar-refractivity contribution in [1.29, 1.82) is 0 Å². The molecule has 0 fully saturated rings. The number of rotatable bonds is 2. The van der Waals surface area contributed by atoms with Crippen LogP contribution in [-0.4, -0.2) is 21.3 Å². The highest BCUT2D eigenvalue weighted by Crippen LogP contribution is 1.99. The average molecular weight is 143 g/mol. The topological polar surface area (TPSA) is 47.9 Å². The quantitative estimate of drug-likeness (QED) is 0.472. The molecule has 0 unspecified atom stereocenters. The zero-order valence-corrected chi connectivity index (χ0v) is 5.45. The second-order valence-electron chi connectivity index (χ2n) is 1.23. The van der Waals surface area contributed by atoms with Crippen LogP contribution in [0.15, 0.2) is 12.3 Å². The third-order valence-electron chi connectivity index (χ3n) is 0.691. The Morgan fingerprint density at radius 1 is 1.67 bits per heavy atom. The fourth-order valence-corrected chi connectivity index (χ4v) is 0.506. The van der Waals surface area contributed by atoms with Crippen molar-refractivity contribution in [2.75, 3.05) is 5.94 Å². The largest absolute Gasteiger partial charge is 0.466 e. The predicted molar refractivity (Wildman–Crippen MR) is 34.3 cm³/mol. The van der Waals surface area contributed by atoms with E-state index in [0.717, 1.165) is 0 Å². The fourth-order valence-electron chi connectivity index (χ4n) is 0.373. The molecule has 0 atom stereocenters. The van der Waals surface area contributed by atoms with Crippen LogP contribution < -0.4 is 4.74 Å². The van der Waals surface area contributed by atoms with E-state index in [1.807, 2.05) is 0 Å². The van der Waals surface area contributed by atoms with Crippen molar-refractivity contribution >= 4 is 12.6 Å². The average Bonchev–Trinajstić information content (AvgIpc) is 1.91. The summed E-state index contributed by atoms with van der Waals surface area (Å²) in [5.41, 5.74) is 0. The third-order valence-corrected chi connectivity index (χ3v) is 0.820. The molecule has 0 aliphatic rings. The summed E-state index contributed by atoms with van der Waals surface area (Å²) in [7, 11) is 0. The van der Waals surface area contributed by atoms with Gasteiger partial charge in [-0.1, -0.05) is 5.10 Å². The molecule has 0 aromatic carbocycles. The molecule has 0 bridgehead atoms. The van der Waals surface area contributed by atoms with E-state index in [4.69, 9.17) is 4.74 Å². The third kappa shape index (κ3) is 1.85. The Morgan fingerprint density at radius 3 is 3.11 bits per heavy atom. The summed E-state index contributed by atoms with van der Waals surface area (Å²) in [6, 6.07) is 1.61. The molecule has 1 aromatic heterocycles. The maximum absolute atomic E-state index is 4.86. The highest BCUT2D eigenvalue weighted by Gasteiger charge is 1.88. The molecule has 0 saturated heterocycles. The molecule has 0 radical (unpaired) electrons. The molecular weight excluding hydrogens is 138 g/mol. The number of ether oxygens (including phenoxy) is 1. The SMILES string of the molecule is SCOc1ccnnn1. The summed E-state index contributed by atoms with van der Waals surface area (Å²) >= 11 is 3.82. The molecule has 1 aromatic rings. The van der Waals surface area contributed by atoms with Gasteiger partial charge in [-0.25, -0.2) is 0 Å². The van der Waals surface area contributed by atoms with E-state index < -0.39 is 0 Å². The minimum Gasteiger partial charge on any atom is -0.466 e. The number of hydrogen-bond acceptors (Lipinski definition) is 5. The zero-order chi connectivity index (χ0) is 6.53. The van der Waals surface area contributed by atoms with Crippen LogP contribution in [0.1, 0.15) is 0 Å². The first kappa shape index (κ1) is 6.28. The number of aromatic nitrogens is 3. The molecule has 1 rings (SSSR count). The first-order chi connectivity index (χ1) is 4.43. The first-order valence-corrected chi connectivity index (χ1v) is 2.95. The fraction of sp³-hybridized carbons (Fsp3) is 0.250. The van der Waals surface area contributed by atoms with Crippen molar-refractivity contribution in [3.8, 4) is 5.88 Å². The minimum absolute atomic E-state index is 0.304. The van der Waals surface area contributed by atoms with Gasteiger partial charge in [0.1, 0.15) is 5.94 Å². The van der Waals surface area contributed by atoms with E-state index in [2.05, 4.69) is 28.0 Å². The second-order valence-corrected chi connectivity index (χ2v) is 1.49. The Labute approximate surface area is 57.7 Å². The van der Waals surface area contributed by atoms with E-state index >= 15 is 0 Å². The van der Waals surface area contributed by atoms with Crippen molar-refractivity contribution in [2.45, 2.75) is 0 Å². The van der Waals surface area contributed by atoms with Crippen molar-refractivity contribution in [1.82, 2.24) is 15.4 Å². The van der Waals surface area contributed by atoms with Gasteiger partial charge in [-0.05, 0) is 5.21 Å². The van der Waals surface area contributed by atoms with E-state index in [-0.39, 0.29) is 0 Å². The Morgan fingerprint density at radius 2 is 2.56 bits per heavy atom. The zero-order valence-electron chi connectivity index (χ0n) is 4.56. The van der Waals surface area contributed by atoms with Crippen LogP contribution in [0.4, 0.5) is 0 Å². The van der Waals surface area contributed by atoms with Gasteiger partial charge < -0.3 is 4.74 Å². The highest BCUT2D eigenvalue weighted by molar-refractivity contribution is 7.80. The lowest BCUT2D eigenvalue weighted by atomic mass is 10.7. The van der Waals surface area contributed by atoms with Crippen LogP contribution in [-0.2, 0) is 0 Å². The molecular formula is C4H5N3OS. The summed E-state index contributed by atoms with van der Waals surface area (Å²) in [5.74, 6) is 0.749. The van der Waals surface area contributed by atoms with Crippen molar-refractivity contribution < 1.29 is 4.74 Å². The van der Waals surface area contributed by atoms with Crippen LogP contribution in [0.5, 0.6) is 5.88 Å². The van der Waals surface area contributed by atoms with E-state index in [1.165, 1.54) is 6.20 Å². The van der Waals surface area contributed by atoms with Crippen LogP contribution >= 0.6 is 12.6 Å². The van der Waals surface area contributed by atoms with Gasteiger partial charge in [-0.3, -0.25) is 0 Å². The molecule has 9 heavy (non-hydrogen) atoms. The number of thiol groups is 1. The molecule has 0 N–H and O–H groups in total. The summed E-state index contributed by atoms with van der Waals surface area (Å²) in [6.07, 6.45) is 1.51. The standard InChI is InChI=1S/C4H5N3OS/c9-3-8-4-1-2-5-7-6-4/h1-2,9H,3H2. The lowest BCUT2D eigenvalue weighted by Gasteiger charge is -1.95. The number of hydrogen-bond donors (Lipinski definition) is 1. The monoisotopic (exact) mass is 143 g/mol. The van der Waals surface area contributed by atoms with Crippen LogP contribution in [0.2, 0.25) is 0 Å². The Bertz CT molecular complexity index is 169. The molecule has 0 saturated carbocycles. The van der Waals surface area contributed by atoms with Gasteiger partial charge in [0.05, 0.1) is 6.20 Å². The molecule has 48 valence electrons. The molecule has 0 aliphatic heterocycles. The van der Waals surface area contributed by atoms with Gasteiger partial charge in [0, 0.05) is 6.07 Å². The summed E-state index contributed by atoms with van der Waals surface area (Å²) in [5, 5.41) is 10.3. The highest BCUT2D eigenvalue weighted by atomic mass is 32.1. The number of nitrogens with zero attached hydrogens (tertiary/aromatic N) is 3. The van der Waals surface area contributed by atoms with Crippen molar-refractivity contribution in [3.05, 3.63) is 12.3 Å². The van der Waals surface area contributed by atoms with E-state index in [0.29, 0.717) is 11.8 Å². The van der Waals surface area contributed by atoms with E-state index in [9.17, 15) is 0 Å². The minimum atomic E-state index is 0.304. The van der Waals surface area contributed by atoms with Gasteiger partial charge in [-0.2, -0.15) is 0 Å². The predicted octanol–water partition coefficient (Wildman–Crippen LogP) is 0.138. The second kappa shape index (κ2) is 3.24. The van der Waals surface area contributed by atoms with Gasteiger partial charge >= 0.3 is 0 Å². The Hall–Kier alpha value is -0.840. The Balaban J connectivity index is 2.61. The van der Waals surface area contributed by atoms with Gasteiger partial charge in [-0.15, -0.1) is 17.7 Å². The van der Waals surface area contributed by atoms with Crippen LogP contribution in [0.3, 0.4) is 0 Å². The lowest BCUT2D eigenvalue weighted by Crippen LogP contribution is -1.94. The Kier molecular flexibility index (Phi) is 2.26. The van der Waals surface area contributed by atoms with Crippen LogP contribution in [0.25, 0.3) is 0 Å². The van der Waals surface area contributed by atoms with Crippen LogP contribution in [0, 0.1) is 0 Å². The summed E-state index contributed by atoms with van der Waals surface area (Å²) < 4.78 is 4.86. The van der Waals surface area contributed by atoms with E-state index in [1.54, 1.807) is 6.07 Å². The van der Waals surface area contributed by atoms with Crippen molar-refractivity contribution in [3.63, 3.8) is 0 Å². The molecule has 5 heteroatoms. The van der Waals surface area contributed by atoms with Crippen molar-refractivity contribution in [2.24, 2.45) is 0 Å². The normalized spacial score (nSPS) is 9.00. The smallest absolute Gasteiger partial charge is 0.237 e. The van der Waals surface area contributed by atoms with Gasteiger partial charge in [0.2, 0.25) is 5.88 Å². The van der Waals surface area contributed by atoms with Gasteiger partial charge in [0.15, 0.2) is 0 Å². The first-order valence-electron chi connectivity index (χ1n) is 2.31. The molecule has 0 amide bonds. The lowest BCUT2D eigenvalue weighted by molar-refractivity contribution is 0.370.